The van der Waals surface area contributed by atoms with Crippen molar-refractivity contribution in [2.24, 2.45) is 0 Å². The zero-order chi connectivity index (χ0) is 20.6. The molecule has 2 rings (SSSR count). The fourth-order valence-electron chi connectivity index (χ4n) is 3.46. The van der Waals surface area contributed by atoms with E-state index in [1.807, 2.05) is 0 Å². The largest absolute Gasteiger partial charge is 0.385 e. The SMILES string of the molecule is Cc1cc(Cc2cc(C)cc(C(C)(C)C)c2OCl)c(OCl)c(C(C)(C)C)c1. The van der Waals surface area contributed by atoms with E-state index >= 15 is 0 Å². The molecule has 0 fully saturated rings. The Morgan fingerprint density at radius 2 is 1.00 bits per heavy atom. The zero-order valence-corrected chi connectivity index (χ0v) is 19.1. The minimum atomic E-state index is -0.0834. The van der Waals surface area contributed by atoms with Crippen LogP contribution >= 0.6 is 23.7 Å². The van der Waals surface area contributed by atoms with E-state index in [0.29, 0.717) is 17.9 Å². The van der Waals surface area contributed by atoms with Gasteiger partial charge in [0.05, 0.1) is 0 Å². The standard InChI is InChI=1S/C23H30Cl2O2/c1-14-9-16(20(26-24)18(11-14)22(3,4)5)13-17-10-15(2)12-19(21(17)27-25)23(6,7)8/h9-12H,13H2,1-8H3. The molecule has 2 aromatic rings. The summed E-state index contributed by atoms with van der Waals surface area (Å²) in [5, 5.41) is 0. The highest BCUT2D eigenvalue weighted by Crippen LogP contribution is 2.41. The summed E-state index contributed by atoms with van der Waals surface area (Å²) in [6, 6.07) is 8.50. The molecule has 2 aromatic carbocycles. The molecule has 148 valence electrons. The van der Waals surface area contributed by atoms with Gasteiger partial charge in [-0.2, -0.15) is 0 Å². The summed E-state index contributed by atoms with van der Waals surface area (Å²) in [7, 11) is 0. The third-order valence-corrected chi connectivity index (χ3v) is 5.08. The molecule has 0 radical (unpaired) electrons. The monoisotopic (exact) mass is 408 g/mol. The van der Waals surface area contributed by atoms with Crippen molar-refractivity contribution in [2.45, 2.75) is 72.6 Å². The lowest BCUT2D eigenvalue weighted by atomic mass is 9.81. The van der Waals surface area contributed by atoms with Crippen molar-refractivity contribution < 1.29 is 8.58 Å². The second-order valence-electron chi connectivity index (χ2n) is 9.43. The first kappa shape index (κ1) is 21.9. The van der Waals surface area contributed by atoms with Crippen LogP contribution < -0.4 is 8.58 Å². The van der Waals surface area contributed by atoms with Crippen molar-refractivity contribution in [2.75, 3.05) is 0 Å². The highest BCUT2D eigenvalue weighted by Gasteiger charge is 2.26. The Morgan fingerprint density at radius 1 is 0.667 bits per heavy atom. The third-order valence-electron chi connectivity index (χ3n) is 4.77. The summed E-state index contributed by atoms with van der Waals surface area (Å²) in [6.07, 6.45) is 0.625. The fourth-order valence-corrected chi connectivity index (χ4v) is 3.83. The maximum atomic E-state index is 5.91. The molecular weight excluding hydrogens is 379 g/mol. The maximum absolute atomic E-state index is 5.91. The van der Waals surface area contributed by atoms with Crippen LogP contribution in [0.3, 0.4) is 0 Å². The van der Waals surface area contributed by atoms with Gasteiger partial charge in [0.1, 0.15) is 23.7 Å². The van der Waals surface area contributed by atoms with E-state index in [2.05, 4.69) is 79.7 Å². The van der Waals surface area contributed by atoms with Gasteiger partial charge in [0.2, 0.25) is 0 Å². The normalized spacial score (nSPS) is 12.2. The van der Waals surface area contributed by atoms with Gasteiger partial charge in [0.25, 0.3) is 0 Å². The summed E-state index contributed by atoms with van der Waals surface area (Å²) in [5.41, 5.74) is 6.40. The smallest absolute Gasteiger partial charge is 0.153 e. The second kappa shape index (κ2) is 7.93. The number of benzene rings is 2. The quantitative estimate of drug-likeness (QED) is 0.519. The lowest BCUT2D eigenvalue weighted by Gasteiger charge is -2.26. The van der Waals surface area contributed by atoms with Crippen molar-refractivity contribution in [3.05, 3.63) is 57.6 Å². The van der Waals surface area contributed by atoms with Crippen LogP contribution in [-0.2, 0) is 17.3 Å². The molecule has 0 aliphatic heterocycles. The molecule has 0 aromatic heterocycles. The highest BCUT2D eigenvalue weighted by atomic mass is 35.5. The van der Waals surface area contributed by atoms with Crippen molar-refractivity contribution in [1.29, 1.82) is 0 Å². The van der Waals surface area contributed by atoms with Crippen molar-refractivity contribution in [3.8, 4) is 11.5 Å². The minimum Gasteiger partial charge on any atom is -0.385 e. The van der Waals surface area contributed by atoms with Gasteiger partial charge in [-0.15, -0.1) is 0 Å². The van der Waals surface area contributed by atoms with Crippen molar-refractivity contribution in [3.63, 3.8) is 0 Å². The minimum absolute atomic E-state index is 0.0834. The summed E-state index contributed by atoms with van der Waals surface area (Å²) < 4.78 is 10.7. The first-order valence-corrected chi connectivity index (χ1v) is 9.85. The van der Waals surface area contributed by atoms with Crippen LogP contribution in [0, 0.1) is 13.8 Å². The molecule has 0 aliphatic carbocycles. The summed E-state index contributed by atoms with van der Waals surface area (Å²) in [5.74, 6) is 1.43. The molecule has 0 spiro atoms. The number of hydrogen-bond donors (Lipinski definition) is 0. The van der Waals surface area contributed by atoms with E-state index in [-0.39, 0.29) is 10.8 Å². The van der Waals surface area contributed by atoms with E-state index in [9.17, 15) is 0 Å². The van der Waals surface area contributed by atoms with Gasteiger partial charge in [-0.05, 0) is 24.7 Å². The molecule has 0 atom stereocenters. The average Bonchev–Trinajstić information content (AvgIpc) is 2.52. The topological polar surface area (TPSA) is 18.5 Å². The first-order valence-electron chi connectivity index (χ1n) is 9.23. The van der Waals surface area contributed by atoms with Crippen LogP contribution in [0.5, 0.6) is 11.5 Å². The molecule has 2 nitrogen and oxygen atoms in total. The molecule has 4 heteroatoms. The summed E-state index contributed by atoms with van der Waals surface area (Å²) >= 11 is 11.8. The predicted octanol–water partition coefficient (Wildman–Crippen LogP) is 7.55. The van der Waals surface area contributed by atoms with Gasteiger partial charge in [-0.1, -0.05) is 76.9 Å². The van der Waals surface area contributed by atoms with E-state index in [1.54, 1.807) is 0 Å². The van der Waals surface area contributed by atoms with E-state index in [1.165, 1.54) is 11.1 Å². The lowest BCUT2D eigenvalue weighted by Crippen LogP contribution is -2.15. The molecule has 0 heterocycles. The van der Waals surface area contributed by atoms with Crippen LogP contribution in [0.1, 0.15) is 74.9 Å². The van der Waals surface area contributed by atoms with Gasteiger partial charge in [0, 0.05) is 28.7 Å². The number of rotatable bonds is 4. The Morgan fingerprint density at radius 3 is 1.26 bits per heavy atom. The van der Waals surface area contributed by atoms with Crippen molar-refractivity contribution >= 4 is 23.7 Å². The Bertz CT molecular complexity index is 758. The second-order valence-corrected chi connectivity index (χ2v) is 9.74. The Kier molecular flexibility index (Phi) is 6.44. The molecule has 0 bridgehead atoms. The molecular formula is C23H30Cl2O2. The molecule has 0 saturated carbocycles. The molecule has 0 amide bonds. The number of hydrogen-bond acceptors (Lipinski definition) is 2. The van der Waals surface area contributed by atoms with Crippen LogP contribution in [0.25, 0.3) is 0 Å². The zero-order valence-electron chi connectivity index (χ0n) is 17.6. The van der Waals surface area contributed by atoms with Crippen LogP contribution in [0.4, 0.5) is 0 Å². The maximum Gasteiger partial charge on any atom is 0.153 e. The first-order chi connectivity index (χ1) is 12.4. The molecule has 0 unspecified atom stereocenters. The highest BCUT2D eigenvalue weighted by molar-refractivity contribution is 6.09. The van der Waals surface area contributed by atoms with Gasteiger partial charge in [-0.25, -0.2) is 0 Å². The van der Waals surface area contributed by atoms with E-state index in [0.717, 1.165) is 22.3 Å². The summed E-state index contributed by atoms with van der Waals surface area (Å²) in [6.45, 7) is 17.1. The van der Waals surface area contributed by atoms with E-state index in [4.69, 9.17) is 32.3 Å². The Hall–Kier alpha value is -1.38. The predicted molar refractivity (Wildman–Crippen MR) is 116 cm³/mol. The van der Waals surface area contributed by atoms with E-state index < -0.39 is 0 Å². The molecule has 0 aliphatic rings. The van der Waals surface area contributed by atoms with Gasteiger partial charge in [-0.3, -0.25) is 0 Å². The lowest BCUT2D eigenvalue weighted by molar-refractivity contribution is 0.526. The van der Waals surface area contributed by atoms with Crippen LogP contribution in [-0.4, -0.2) is 0 Å². The molecule has 27 heavy (non-hydrogen) atoms. The fraction of sp³-hybridized carbons (Fsp3) is 0.478. The average molecular weight is 409 g/mol. The van der Waals surface area contributed by atoms with Gasteiger partial charge >= 0.3 is 0 Å². The third kappa shape index (κ3) is 4.92. The van der Waals surface area contributed by atoms with Crippen LogP contribution in [0.15, 0.2) is 24.3 Å². The van der Waals surface area contributed by atoms with Gasteiger partial charge in [0.15, 0.2) is 11.5 Å². The molecule has 0 N–H and O–H groups in total. The van der Waals surface area contributed by atoms with Gasteiger partial charge < -0.3 is 8.58 Å². The number of halogens is 2. The summed E-state index contributed by atoms with van der Waals surface area (Å²) in [4.78, 5) is 0. The number of aryl methyl sites for hydroxylation is 2. The Balaban J connectivity index is 2.68. The van der Waals surface area contributed by atoms with Crippen molar-refractivity contribution in [1.82, 2.24) is 0 Å². The molecule has 0 saturated heterocycles. The Labute approximate surface area is 174 Å². The van der Waals surface area contributed by atoms with Crippen LogP contribution in [0.2, 0.25) is 0 Å².